The molecule has 0 saturated carbocycles. The first-order valence-electron chi connectivity index (χ1n) is 8.24. The Morgan fingerprint density at radius 2 is 1.59 bits per heavy atom. The van der Waals surface area contributed by atoms with Crippen molar-refractivity contribution in [3.8, 4) is 0 Å². The molecule has 0 atom stereocenters. The highest BCUT2D eigenvalue weighted by Gasteiger charge is 2.19. The lowest BCUT2D eigenvalue weighted by molar-refractivity contribution is 0.157. The van der Waals surface area contributed by atoms with Gasteiger partial charge in [-0.05, 0) is 30.0 Å². The first kappa shape index (κ1) is 20.4. The number of hydrogen-bond donors (Lipinski definition) is 2. The fourth-order valence-corrected chi connectivity index (χ4v) is 3.06. The number of benzene rings is 2. The Morgan fingerprint density at radius 1 is 1.04 bits per heavy atom. The van der Waals surface area contributed by atoms with Crippen molar-refractivity contribution < 1.29 is 18.0 Å². The predicted molar refractivity (Wildman–Crippen MR) is 104 cm³/mol. The summed E-state index contributed by atoms with van der Waals surface area (Å²) in [6, 6.07) is 13.3. The number of nitrogens with two attached hydrogens (primary N) is 1. The predicted octanol–water partition coefficient (Wildman–Crippen LogP) is 3.03. The smallest absolute Gasteiger partial charge is 0.380 e. The van der Waals surface area contributed by atoms with Gasteiger partial charge in [0.15, 0.2) is 5.84 Å². The first-order chi connectivity index (χ1) is 12.5. The molecule has 0 aliphatic rings. The van der Waals surface area contributed by atoms with Crippen LogP contribution in [0.5, 0.6) is 0 Å². The second-order valence-corrected chi connectivity index (χ2v) is 8.78. The number of hydrogen-bond acceptors (Lipinski definition) is 5. The van der Waals surface area contributed by atoms with Gasteiger partial charge < -0.3 is 5.73 Å². The molecule has 0 aliphatic carbocycles. The molecule has 27 heavy (non-hydrogen) atoms. The highest BCUT2D eigenvalue weighted by Crippen LogP contribution is 2.22. The number of nitrogens with zero attached hydrogens (tertiary/aromatic N) is 1. The van der Waals surface area contributed by atoms with Gasteiger partial charge in [-0.2, -0.15) is 0 Å². The fourth-order valence-electron chi connectivity index (χ4n) is 2.19. The van der Waals surface area contributed by atoms with Crippen molar-refractivity contribution in [2.45, 2.75) is 38.0 Å². The van der Waals surface area contributed by atoms with Crippen LogP contribution in [0.25, 0.3) is 0 Å². The molecule has 0 unspecified atom stereocenters. The molecular weight excluding hydrogens is 366 g/mol. The number of amidine groups is 1. The van der Waals surface area contributed by atoms with Gasteiger partial charge in [0, 0.05) is 5.56 Å². The van der Waals surface area contributed by atoms with Gasteiger partial charge in [-0.25, -0.2) is 17.9 Å². The minimum absolute atomic E-state index is 0.00877. The Balaban J connectivity index is 2.04. The van der Waals surface area contributed by atoms with E-state index in [0.29, 0.717) is 5.56 Å². The molecule has 2 aromatic rings. The topological polar surface area (TPSA) is 111 Å². The van der Waals surface area contributed by atoms with Gasteiger partial charge in [-0.1, -0.05) is 67.9 Å². The van der Waals surface area contributed by atoms with Crippen LogP contribution in [0.3, 0.4) is 0 Å². The van der Waals surface area contributed by atoms with Crippen molar-refractivity contribution in [1.82, 2.24) is 4.72 Å². The summed E-state index contributed by atoms with van der Waals surface area (Å²) in [5.74, 6) is -0.0432. The van der Waals surface area contributed by atoms with E-state index in [-0.39, 0.29) is 16.1 Å². The van der Waals surface area contributed by atoms with Gasteiger partial charge >= 0.3 is 6.09 Å². The van der Waals surface area contributed by atoms with Crippen molar-refractivity contribution in [3.63, 3.8) is 0 Å². The number of rotatable bonds is 4. The zero-order valence-corrected chi connectivity index (χ0v) is 16.5. The van der Waals surface area contributed by atoms with Crippen LogP contribution in [0.1, 0.15) is 37.5 Å². The molecule has 0 saturated heterocycles. The number of amides is 1. The summed E-state index contributed by atoms with van der Waals surface area (Å²) in [5, 5.41) is 3.50. The molecule has 0 aromatic heterocycles. The Bertz CT molecular complexity index is 942. The van der Waals surface area contributed by atoms with Crippen LogP contribution >= 0.6 is 0 Å². The van der Waals surface area contributed by atoms with E-state index in [1.807, 2.05) is 19.1 Å². The molecular formula is C19H23N3O4S. The van der Waals surface area contributed by atoms with Crippen LogP contribution in [0.15, 0.2) is 58.6 Å². The normalized spacial score (nSPS) is 12.5. The van der Waals surface area contributed by atoms with Gasteiger partial charge in [-0.15, -0.1) is 0 Å². The van der Waals surface area contributed by atoms with Gasteiger partial charge in [0.25, 0.3) is 10.0 Å². The first-order valence-corrected chi connectivity index (χ1v) is 9.72. The van der Waals surface area contributed by atoms with E-state index in [1.165, 1.54) is 12.1 Å². The molecule has 144 valence electrons. The quantitative estimate of drug-likeness (QED) is 0.361. The van der Waals surface area contributed by atoms with Crippen LogP contribution in [0, 0.1) is 6.92 Å². The Kier molecular flexibility index (Phi) is 5.90. The van der Waals surface area contributed by atoms with E-state index in [0.717, 1.165) is 11.1 Å². The number of nitrogens with one attached hydrogen (secondary N) is 1. The van der Waals surface area contributed by atoms with E-state index in [9.17, 15) is 13.2 Å². The van der Waals surface area contributed by atoms with Crippen molar-refractivity contribution >= 4 is 22.0 Å². The summed E-state index contributed by atoms with van der Waals surface area (Å²) in [6.45, 7) is 8.08. The Labute approximate surface area is 159 Å². The zero-order chi connectivity index (χ0) is 20.2. The van der Waals surface area contributed by atoms with Crippen molar-refractivity contribution in [1.29, 1.82) is 0 Å². The van der Waals surface area contributed by atoms with Gasteiger partial charge in [0.05, 0.1) is 4.90 Å². The van der Waals surface area contributed by atoms with Crippen LogP contribution in [0.2, 0.25) is 0 Å². The van der Waals surface area contributed by atoms with E-state index in [1.54, 1.807) is 29.0 Å². The lowest BCUT2D eigenvalue weighted by Gasteiger charge is -2.18. The highest BCUT2D eigenvalue weighted by atomic mass is 32.2. The summed E-state index contributed by atoms with van der Waals surface area (Å²) in [6.07, 6.45) is -1.25. The van der Waals surface area contributed by atoms with Crippen molar-refractivity contribution in [2.75, 3.05) is 0 Å². The second-order valence-electron chi connectivity index (χ2n) is 7.10. The third-order valence-electron chi connectivity index (χ3n) is 3.82. The molecule has 0 aliphatic heterocycles. The summed E-state index contributed by atoms with van der Waals surface area (Å²) < 4.78 is 26.0. The number of sulfonamides is 1. The maximum Gasteiger partial charge on any atom is 0.447 e. The molecule has 2 rings (SSSR count). The van der Waals surface area contributed by atoms with Crippen LogP contribution in [-0.2, 0) is 20.3 Å². The monoisotopic (exact) mass is 389 g/mol. The number of aryl methyl sites for hydroxylation is 1. The van der Waals surface area contributed by atoms with E-state index in [2.05, 4.69) is 30.8 Å². The summed E-state index contributed by atoms with van der Waals surface area (Å²) in [4.78, 5) is 16.3. The maximum atomic E-state index is 12.1. The number of carbonyl (C=O) groups is 1. The molecule has 0 heterocycles. The lowest BCUT2D eigenvalue weighted by Crippen LogP contribution is -2.30. The largest absolute Gasteiger partial charge is 0.447 e. The Hall–Kier alpha value is -2.87. The molecule has 1 amide bonds. The highest BCUT2D eigenvalue weighted by molar-refractivity contribution is 7.90. The molecule has 8 heteroatoms. The van der Waals surface area contributed by atoms with Gasteiger partial charge in [0.2, 0.25) is 0 Å². The zero-order valence-electron chi connectivity index (χ0n) is 15.7. The standard InChI is InChI=1S/C19H23N3O4S/c1-13-5-11-16(12-6-13)27(24,25)22-18(23)26-21-17(20)14-7-9-15(10-8-14)19(2,3)4/h5-12H,1-4H3,(H2,20,21)(H,22,23). The van der Waals surface area contributed by atoms with Gasteiger partial charge in [0.1, 0.15) is 0 Å². The maximum absolute atomic E-state index is 12.1. The van der Waals surface area contributed by atoms with Crippen molar-refractivity contribution in [2.24, 2.45) is 10.9 Å². The summed E-state index contributed by atoms with van der Waals surface area (Å²) >= 11 is 0. The van der Waals surface area contributed by atoms with E-state index in [4.69, 9.17) is 5.73 Å². The molecule has 7 nitrogen and oxygen atoms in total. The second kappa shape index (κ2) is 7.79. The third-order valence-corrected chi connectivity index (χ3v) is 5.15. The Morgan fingerprint density at radius 3 is 2.11 bits per heavy atom. The molecule has 2 aromatic carbocycles. The van der Waals surface area contributed by atoms with Crippen molar-refractivity contribution in [3.05, 3.63) is 65.2 Å². The minimum Gasteiger partial charge on any atom is -0.380 e. The average molecular weight is 389 g/mol. The van der Waals surface area contributed by atoms with Gasteiger partial charge in [-0.3, -0.25) is 4.84 Å². The van der Waals surface area contributed by atoms with Crippen LogP contribution in [0.4, 0.5) is 4.79 Å². The van der Waals surface area contributed by atoms with Crippen LogP contribution in [-0.4, -0.2) is 20.3 Å². The fraction of sp³-hybridized carbons (Fsp3) is 0.263. The van der Waals surface area contributed by atoms with E-state index < -0.39 is 16.1 Å². The van der Waals surface area contributed by atoms with E-state index >= 15 is 0 Å². The lowest BCUT2D eigenvalue weighted by atomic mass is 9.87. The minimum atomic E-state index is -4.05. The summed E-state index contributed by atoms with van der Waals surface area (Å²) in [7, 11) is -4.05. The number of carbonyl (C=O) groups excluding carboxylic acids is 1. The summed E-state index contributed by atoms with van der Waals surface area (Å²) in [5.41, 5.74) is 8.34. The molecule has 3 N–H and O–H groups in total. The molecule has 0 radical (unpaired) electrons. The van der Waals surface area contributed by atoms with Crippen LogP contribution < -0.4 is 10.5 Å². The molecule has 0 bridgehead atoms. The number of oxime groups is 1. The molecule has 0 spiro atoms. The third kappa shape index (κ3) is 5.55. The molecule has 0 fully saturated rings. The SMILES string of the molecule is Cc1ccc(S(=O)(=O)NC(=O)O/N=C(\N)c2ccc(C(C)(C)C)cc2)cc1. The average Bonchev–Trinajstić information content (AvgIpc) is 2.59.